The van der Waals surface area contributed by atoms with Gasteiger partial charge in [0.25, 0.3) is 0 Å². The van der Waals surface area contributed by atoms with Crippen LogP contribution in [0.4, 0.5) is 0 Å². The molecule has 0 rings (SSSR count). The number of hydrogen-bond acceptors (Lipinski definition) is 3. The van der Waals surface area contributed by atoms with E-state index in [2.05, 4.69) is 48.5 Å². The molecule has 0 fully saturated rings. The zero-order valence-corrected chi connectivity index (χ0v) is 21.2. The first-order valence-electron chi connectivity index (χ1n) is 12.5. The number of rotatable bonds is 18. The minimum Gasteiger partial charge on any atom is -0.481 e. The van der Waals surface area contributed by atoms with Crippen LogP contribution < -0.4 is 0 Å². The van der Waals surface area contributed by atoms with E-state index >= 15 is 0 Å². The molecule has 0 saturated carbocycles. The number of ether oxygens (including phenoxy) is 2. The molecule has 0 aliphatic carbocycles. The molecule has 2 unspecified atom stereocenters. The maximum atomic E-state index is 10.6. The molecule has 0 aliphatic rings. The van der Waals surface area contributed by atoms with E-state index < -0.39 is 5.97 Å². The number of carbonyl (C=O) groups is 1. The second kappa shape index (κ2) is 16.1. The van der Waals surface area contributed by atoms with E-state index in [4.69, 9.17) is 14.6 Å². The van der Waals surface area contributed by atoms with Gasteiger partial charge in [-0.2, -0.15) is 0 Å². The standard InChI is InChI=1S/C26H52O4/c1-8-9-10-11-13-16-19-22(29-25(2,3)4)23(30-26(5,6)7)20-17-14-12-15-18-21-24(27)28/h22-23H,8-21H2,1-7H3,(H,27,28). The first kappa shape index (κ1) is 29.4. The number of carboxylic acids is 1. The Labute approximate surface area is 187 Å². The van der Waals surface area contributed by atoms with Gasteiger partial charge in [-0.1, -0.05) is 71.1 Å². The largest absolute Gasteiger partial charge is 0.481 e. The maximum Gasteiger partial charge on any atom is 0.303 e. The molecule has 0 aromatic rings. The van der Waals surface area contributed by atoms with Crippen LogP contribution in [-0.4, -0.2) is 34.5 Å². The highest BCUT2D eigenvalue weighted by Gasteiger charge is 2.30. The average Bonchev–Trinajstić information content (AvgIpc) is 2.59. The van der Waals surface area contributed by atoms with Gasteiger partial charge in [0.15, 0.2) is 0 Å². The van der Waals surface area contributed by atoms with Crippen molar-refractivity contribution in [3.8, 4) is 0 Å². The van der Waals surface area contributed by atoms with E-state index in [1.165, 1.54) is 38.5 Å². The molecule has 2 atom stereocenters. The fourth-order valence-electron chi connectivity index (χ4n) is 3.83. The van der Waals surface area contributed by atoms with Gasteiger partial charge in [0.1, 0.15) is 0 Å². The molecule has 0 radical (unpaired) electrons. The van der Waals surface area contributed by atoms with E-state index in [9.17, 15) is 4.79 Å². The first-order chi connectivity index (χ1) is 13.9. The second-order valence-electron chi connectivity index (χ2n) is 10.8. The lowest BCUT2D eigenvalue weighted by molar-refractivity contribution is -0.167. The predicted molar refractivity (Wildman–Crippen MR) is 127 cm³/mol. The lowest BCUT2D eigenvalue weighted by Gasteiger charge is -2.37. The van der Waals surface area contributed by atoms with Crippen molar-refractivity contribution < 1.29 is 19.4 Å². The smallest absolute Gasteiger partial charge is 0.303 e. The molecule has 0 saturated heterocycles. The van der Waals surface area contributed by atoms with Gasteiger partial charge in [-0.05, 0) is 60.8 Å². The van der Waals surface area contributed by atoms with E-state index in [0.717, 1.165) is 44.9 Å². The third-order valence-corrected chi connectivity index (χ3v) is 5.15. The number of unbranched alkanes of at least 4 members (excludes halogenated alkanes) is 9. The molecule has 0 heterocycles. The summed E-state index contributed by atoms with van der Waals surface area (Å²) in [5.74, 6) is -0.689. The molecule has 1 N–H and O–H groups in total. The summed E-state index contributed by atoms with van der Waals surface area (Å²) < 4.78 is 13.0. The van der Waals surface area contributed by atoms with Crippen LogP contribution in [0, 0.1) is 0 Å². The predicted octanol–water partition coefficient (Wildman–Crippen LogP) is 7.92. The number of carboxylic acid groups (broad SMARTS) is 1. The lowest BCUT2D eigenvalue weighted by Crippen LogP contribution is -2.41. The maximum absolute atomic E-state index is 10.6. The van der Waals surface area contributed by atoms with Gasteiger partial charge in [-0.15, -0.1) is 0 Å². The molecule has 4 nitrogen and oxygen atoms in total. The Morgan fingerprint density at radius 3 is 1.40 bits per heavy atom. The molecular formula is C26H52O4. The highest BCUT2D eigenvalue weighted by atomic mass is 16.6. The summed E-state index contributed by atoms with van der Waals surface area (Å²) in [6, 6.07) is 0. The van der Waals surface area contributed by atoms with Crippen molar-refractivity contribution in [2.75, 3.05) is 0 Å². The Kier molecular flexibility index (Phi) is 15.8. The fraction of sp³-hybridized carbons (Fsp3) is 0.962. The average molecular weight is 429 g/mol. The number of aliphatic carboxylic acids is 1. The topological polar surface area (TPSA) is 55.8 Å². The van der Waals surface area contributed by atoms with Crippen molar-refractivity contribution in [2.24, 2.45) is 0 Å². The Hall–Kier alpha value is -0.610. The van der Waals surface area contributed by atoms with Crippen molar-refractivity contribution in [1.29, 1.82) is 0 Å². The summed E-state index contributed by atoms with van der Waals surface area (Å²) in [6.07, 6.45) is 15.4. The van der Waals surface area contributed by atoms with Crippen LogP contribution in [0.2, 0.25) is 0 Å². The molecule has 0 aliphatic heterocycles. The Morgan fingerprint density at radius 2 is 1.03 bits per heavy atom. The van der Waals surface area contributed by atoms with Crippen LogP contribution in [0.5, 0.6) is 0 Å². The highest BCUT2D eigenvalue weighted by Crippen LogP contribution is 2.27. The molecule has 30 heavy (non-hydrogen) atoms. The Morgan fingerprint density at radius 1 is 0.667 bits per heavy atom. The molecule has 0 aromatic carbocycles. The summed E-state index contributed by atoms with van der Waals surface area (Å²) in [5, 5.41) is 8.75. The first-order valence-corrected chi connectivity index (χ1v) is 12.5. The van der Waals surface area contributed by atoms with Crippen molar-refractivity contribution >= 4 is 5.97 Å². The monoisotopic (exact) mass is 428 g/mol. The third-order valence-electron chi connectivity index (χ3n) is 5.15. The third kappa shape index (κ3) is 19.4. The van der Waals surface area contributed by atoms with Gasteiger partial charge in [0.2, 0.25) is 0 Å². The molecular weight excluding hydrogens is 376 g/mol. The van der Waals surface area contributed by atoms with Crippen molar-refractivity contribution in [2.45, 2.75) is 162 Å². The highest BCUT2D eigenvalue weighted by molar-refractivity contribution is 5.66. The molecule has 4 heteroatoms. The minimum absolute atomic E-state index is 0.110. The van der Waals surface area contributed by atoms with E-state index in [1.54, 1.807) is 0 Å². The van der Waals surface area contributed by atoms with Crippen molar-refractivity contribution in [1.82, 2.24) is 0 Å². The second-order valence-corrected chi connectivity index (χ2v) is 10.8. The minimum atomic E-state index is -0.689. The van der Waals surface area contributed by atoms with Crippen LogP contribution in [0.1, 0.15) is 138 Å². The zero-order valence-electron chi connectivity index (χ0n) is 21.2. The summed E-state index contributed by atoms with van der Waals surface area (Å²) in [4.78, 5) is 10.6. The molecule has 0 bridgehead atoms. The van der Waals surface area contributed by atoms with E-state index in [0.29, 0.717) is 0 Å². The Balaban J connectivity index is 4.69. The van der Waals surface area contributed by atoms with Gasteiger partial charge >= 0.3 is 5.97 Å². The van der Waals surface area contributed by atoms with Crippen LogP contribution in [0.25, 0.3) is 0 Å². The molecule has 180 valence electrons. The van der Waals surface area contributed by atoms with Crippen LogP contribution >= 0.6 is 0 Å². The summed E-state index contributed by atoms with van der Waals surface area (Å²) in [7, 11) is 0. The van der Waals surface area contributed by atoms with Gasteiger partial charge < -0.3 is 14.6 Å². The van der Waals surface area contributed by atoms with Crippen molar-refractivity contribution in [3.05, 3.63) is 0 Å². The summed E-state index contributed by atoms with van der Waals surface area (Å²) in [6.45, 7) is 15.1. The molecule has 0 amide bonds. The number of hydrogen-bond donors (Lipinski definition) is 1. The lowest BCUT2D eigenvalue weighted by atomic mass is 9.97. The van der Waals surface area contributed by atoms with Crippen LogP contribution in [-0.2, 0) is 14.3 Å². The van der Waals surface area contributed by atoms with E-state index in [1.807, 2.05) is 0 Å². The van der Waals surface area contributed by atoms with Gasteiger partial charge in [-0.25, -0.2) is 0 Å². The quantitative estimate of drug-likeness (QED) is 0.225. The normalized spacial score (nSPS) is 14.6. The molecule has 0 aromatic heterocycles. The van der Waals surface area contributed by atoms with Crippen LogP contribution in [0.15, 0.2) is 0 Å². The molecule has 0 spiro atoms. The van der Waals surface area contributed by atoms with Crippen molar-refractivity contribution in [3.63, 3.8) is 0 Å². The SMILES string of the molecule is CCCCCCCCC(OC(C)(C)C)C(CCCCCCCC(=O)O)OC(C)(C)C. The summed E-state index contributed by atoms with van der Waals surface area (Å²) in [5.41, 5.74) is -0.365. The van der Waals surface area contributed by atoms with Gasteiger partial charge in [0.05, 0.1) is 23.4 Å². The Bertz CT molecular complexity index is 420. The van der Waals surface area contributed by atoms with Crippen LogP contribution in [0.3, 0.4) is 0 Å². The van der Waals surface area contributed by atoms with E-state index in [-0.39, 0.29) is 29.8 Å². The van der Waals surface area contributed by atoms with Gasteiger partial charge in [-0.3, -0.25) is 4.79 Å². The van der Waals surface area contributed by atoms with Gasteiger partial charge in [0, 0.05) is 6.42 Å². The zero-order chi connectivity index (χ0) is 23.0. The fourth-order valence-corrected chi connectivity index (χ4v) is 3.83. The summed E-state index contributed by atoms with van der Waals surface area (Å²) >= 11 is 0.